The summed E-state index contributed by atoms with van der Waals surface area (Å²) in [4.78, 5) is 24.7. The van der Waals surface area contributed by atoms with Crippen LogP contribution in [0.2, 0.25) is 0 Å². The Balaban J connectivity index is 2.05. The molecule has 1 saturated heterocycles. The van der Waals surface area contributed by atoms with E-state index in [0.29, 0.717) is 18.9 Å². The van der Waals surface area contributed by atoms with E-state index >= 15 is 0 Å². The van der Waals surface area contributed by atoms with Crippen LogP contribution in [-0.4, -0.2) is 40.1 Å². The lowest BCUT2D eigenvalue weighted by Crippen LogP contribution is -2.29. The molecular formula is C14H20N2O4. The zero-order chi connectivity index (χ0) is 14.7. The predicted molar refractivity (Wildman–Crippen MR) is 71.5 cm³/mol. The van der Waals surface area contributed by atoms with Crippen molar-refractivity contribution in [3.8, 4) is 0 Å². The normalized spacial score (nSPS) is 18.8. The van der Waals surface area contributed by atoms with Crippen molar-refractivity contribution in [2.45, 2.75) is 39.0 Å². The fourth-order valence-electron chi connectivity index (χ4n) is 2.59. The SMILES string of the molecule is CCC(CC)c1cc(C(=O)N2CCC(C(=O)O)C2)on1. The topological polar surface area (TPSA) is 83.6 Å². The number of carbonyl (C=O) groups excluding carboxylic acids is 1. The molecule has 0 radical (unpaired) electrons. The molecule has 1 aromatic rings. The van der Waals surface area contributed by atoms with Crippen molar-refractivity contribution in [1.82, 2.24) is 10.1 Å². The first kappa shape index (κ1) is 14.6. The Kier molecular flexibility index (Phi) is 4.42. The van der Waals surface area contributed by atoms with Gasteiger partial charge in [-0.3, -0.25) is 9.59 Å². The highest BCUT2D eigenvalue weighted by Crippen LogP contribution is 2.24. The van der Waals surface area contributed by atoms with E-state index in [9.17, 15) is 9.59 Å². The Labute approximate surface area is 117 Å². The lowest BCUT2D eigenvalue weighted by molar-refractivity contribution is -0.141. The molecule has 1 aliphatic rings. The Bertz CT molecular complexity index is 493. The third-order valence-corrected chi connectivity index (χ3v) is 3.97. The average Bonchev–Trinajstić information content (AvgIpc) is 3.09. The molecule has 0 aromatic carbocycles. The fraction of sp³-hybridized carbons (Fsp3) is 0.643. The molecule has 2 heterocycles. The van der Waals surface area contributed by atoms with Gasteiger partial charge in [-0.1, -0.05) is 19.0 Å². The van der Waals surface area contributed by atoms with Gasteiger partial charge in [0.25, 0.3) is 5.91 Å². The molecule has 1 aromatic heterocycles. The fourth-order valence-corrected chi connectivity index (χ4v) is 2.59. The van der Waals surface area contributed by atoms with E-state index in [-0.39, 0.29) is 18.2 Å². The van der Waals surface area contributed by atoms with Crippen LogP contribution in [0.25, 0.3) is 0 Å². The van der Waals surface area contributed by atoms with Crippen molar-refractivity contribution in [1.29, 1.82) is 0 Å². The molecule has 1 atom stereocenters. The van der Waals surface area contributed by atoms with Crippen LogP contribution in [0.5, 0.6) is 0 Å². The Morgan fingerprint density at radius 1 is 1.50 bits per heavy atom. The molecule has 0 aliphatic carbocycles. The van der Waals surface area contributed by atoms with Crippen LogP contribution >= 0.6 is 0 Å². The van der Waals surface area contributed by atoms with Gasteiger partial charge < -0.3 is 14.5 Å². The number of likely N-dealkylation sites (tertiary alicyclic amines) is 1. The molecule has 1 unspecified atom stereocenters. The van der Waals surface area contributed by atoms with Crippen LogP contribution in [0.4, 0.5) is 0 Å². The number of carboxylic acid groups (broad SMARTS) is 1. The minimum Gasteiger partial charge on any atom is -0.481 e. The molecule has 20 heavy (non-hydrogen) atoms. The first-order valence-electron chi connectivity index (χ1n) is 7.05. The second-order valence-electron chi connectivity index (χ2n) is 5.20. The summed E-state index contributed by atoms with van der Waals surface area (Å²) in [5.74, 6) is -1.09. The van der Waals surface area contributed by atoms with Crippen molar-refractivity contribution in [3.63, 3.8) is 0 Å². The molecule has 1 aliphatic heterocycles. The van der Waals surface area contributed by atoms with E-state index in [1.807, 2.05) is 0 Å². The molecule has 110 valence electrons. The number of aromatic nitrogens is 1. The summed E-state index contributed by atoms with van der Waals surface area (Å²) >= 11 is 0. The molecule has 1 fully saturated rings. The van der Waals surface area contributed by atoms with E-state index in [1.54, 1.807) is 6.07 Å². The summed E-state index contributed by atoms with van der Waals surface area (Å²) in [5, 5.41) is 12.9. The van der Waals surface area contributed by atoms with Crippen LogP contribution in [0, 0.1) is 5.92 Å². The van der Waals surface area contributed by atoms with Gasteiger partial charge in [0.15, 0.2) is 0 Å². The summed E-state index contributed by atoms with van der Waals surface area (Å²) < 4.78 is 5.13. The van der Waals surface area contributed by atoms with Crippen molar-refractivity contribution in [3.05, 3.63) is 17.5 Å². The summed E-state index contributed by atoms with van der Waals surface area (Å²) in [6.45, 7) is 4.84. The number of amides is 1. The summed E-state index contributed by atoms with van der Waals surface area (Å²) in [7, 11) is 0. The van der Waals surface area contributed by atoms with Gasteiger partial charge in [-0.05, 0) is 19.3 Å². The van der Waals surface area contributed by atoms with Gasteiger partial charge in [-0.25, -0.2) is 0 Å². The predicted octanol–water partition coefficient (Wildman–Crippen LogP) is 2.12. The minimum absolute atomic E-state index is 0.206. The summed E-state index contributed by atoms with van der Waals surface area (Å²) in [6, 6.07) is 1.69. The Hall–Kier alpha value is -1.85. The monoisotopic (exact) mass is 280 g/mol. The molecule has 0 saturated carbocycles. The Morgan fingerprint density at radius 2 is 2.20 bits per heavy atom. The van der Waals surface area contributed by atoms with Gasteiger partial charge in [0.1, 0.15) is 0 Å². The maximum atomic E-state index is 12.2. The van der Waals surface area contributed by atoms with Crippen LogP contribution in [0.15, 0.2) is 10.6 Å². The van der Waals surface area contributed by atoms with Gasteiger partial charge >= 0.3 is 5.97 Å². The summed E-state index contributed by atoms with van der Waals surface area (Å²) in [5.41, 5.74) is 0.798. The van der Waals surface area contributed by atoms with Gasteiger partial charge in [-0.2, -0.15) is 0 Å². The average molecular weight is 280 g/mol. The number of aliphatic carboxylic acids is 1. The highest BCUT2D eigenvalue weighted by Gasteiger charge is 2.33. The maximum absolute atomic E-state index is 12.2. The molecule has 6 nitrogen and oxygen atoms in total. The zero-order valence-corrected chi connectivity index (χ0v) is 11.8. The lowest BCUT2D eigenvalue weighted by atomic mass is 9.99. The number of hydrogen-bond acceptors (Lipinski definition) is 4. The second kappa shape index (κ2) is 6.07. The van der Waals surface area contributed by atoms with Crippen LogP contribution < -0.4 is 0 Å². The highest BCUT2D eigenvalue weighted by molar-refractivity contribution is 5.92. The number of carbonyl (C=O) groups is 2. The van der Waals surface area contributed by atoms with E-state index in [4.69, 9.17) is 9.63 Å². The van der Waals surface area contributed by atoms with E-state index in [2.05, 4.69) is 19.0 Å². The smallest absolute Gasteiger partial charge is 0.308 e. The van der Waals surface area contributed by atoms with E-state index < -0.39 is 11.9 Å². The molecular weight excluding hydrogens is 260 g/mol. The zero-order valence-electron chi connectivity index (χ0n) is 11.8. The first-order valence-corrected chi connectivity index (χ1v) is 7.05. The van der Waals surface area contributed by atoms with Crippen LogP contribution in [-0.2, 0) is 4.79 Å². The largest absolute Gasteiger partial charge is 0.481 e. The van der Waals surface area contributed by atoms with E-state index in [1.165, 1.54) is 4.90 Å². The Morgan fingerprint density at radius 3 is 2.75 bits per heavy atom. The number of rotatable bonds is 5. The van der Waals surface area contributed by atoms with Crippen molar-refractivity contribution in [2.24, 2.45) is 5.92 Å². The van der Waals surface area contributed by atoms with Gasteiger partial charge in [-0.15, -0.1) is 0 Å². The minimum atomic E-state index is -0.851. The molecule has 1 N–H and O–H groups in total. The molecule has 0 spiro atoms. The maximum Gasteiger partial charge on any atom is 0.308 e. The van der Waals surface area contributed by atoms with Crippen molar-refractivity contribution >= 4 is 11.9 Å². The molecule has 6 heteroatoms. The number of nitrogens with zero attached hydrogens (tertiary/aromatic N) is 2. The first-order chi connectivity index (χ1) is 9.56. The van der Waals surface area contributed by atoms with Gasteiger partial charge in [0.2, 0.25) is 5.76 Å². The third-order valence-electron chi connectivity index (χ3n) is 3.97. The quantitative estimate of drug-likeness (QED) is 0.893. The number of hydrogen-bond donors (Lipinski definition) is 1. The molecule has 1 amide bonds. The number of carboxylic acids is 1. The molecule has 2 rings (SSSR count). The van der Waals surface area contributed by atoms with Gasteiger partial charge in [0, 0.05) is 25.1 Å². The second-order valence-corrected chi connectivity index (χ2v) is 5.20. The molecule has 0 bridgehead atoms. The summed E-state index contributed by atoms with van der Waals surface area (Å²) in [6.07, 6.45) is 2.39. The van der Waals surface area contributed by atoms with Crippen molar-refractivity contribution in [2.75, 3.05) is 13.1 Å². The third kappa shape index (κ3) is 2.84. The standard InChI is InChI=1S/C14H20N2O4/c1-3-9(4-2)11-7-12(20-15-11)13(17)16-6-5-10(8-16)14(18)19/h7,9-10H,3-6,8H2,1-2H3,(H,18,19). The van der Waals surface area contributed by atoms with Crippen molar-refractivity contribution < 1.29 is 19.2 Å². The van der Waals surface area contributed by atoms with Gasteiger partial charge in [0.05, 0.1) is 11.6 Å². The lowest BCUT2D eigenvalue weighted by Gasteiger charge is -2.13. The van der Waals surface area contributed by atoms with Crippen LogP contribution in [0.1, 0.15) is 55.3 Å². The van der Waals surface area contributed by atoms with E-state index in [0.717, 1.165) is 18.5 Å². The highest BCUT2D eigenvalue weighted by atomic mass is 16.5. The van der Waals surface area contributed by atoms with Crippen LogP contribution in [0.3, 0.4) is 0 Å².